The number of nitrogens with zero attached hydrogens (tertiary/aromatic N) is 2. The van der Waals surface area contributed by atoms with E-state index in [-0.39, 0.29) is 18.1 Å². The molecule has 4 rings (SSSR count). The first-order valence-corrected chi connectivity index (χ1v) is 8.91. The zero-order chi connectivity index (χ0) is 17.9. The van der Waals surface area contributed by atoms with E-state index < -0.39 is 0 Å². The molecule has 0 radical (unpaired) electrons. The number of carbonyl (C=O) groups excluding carboxylic acids is 1. The third-order valence-corrected chi connectivity index (χ3v) is 5.11. The van der Waals surface area contributed by atoms with E-state index in [2.05, 4.69) is 15.3 Å². The van der Waals surface area contributed by atoms with Crippen LogP contribution >= 0.6 is 0 Å². The molecule has 1 aromatic carbocycles. The molecule has 3 aromatic rings. The zero-order valence-electron chi connectivity index (χ0n) is 14.4. The van der Waals surface area contributed by atoms with Gasteiger partial charge in [0.05, 0.1) is 11.6 Å². The molecular formula is C21H21N3O2. The predicted octanol–water partition coefficient (Wildman–Crippen LogP) is 2.74. The van der Waals surface area contributed by atoms with Crippen LogP contribution in [0.3, 0.4) is 0 Å². The Morgan fingerprint density at radius 3 is 2.73 bits per heavy atom. The van der Waals surface area contributed by atoms with Crippen LogP contribution in [0.15, 0.2) is 61.1 Å². The molecule has 1 aliphatic carbocycles. The highest BCUT2D eigenvalue weighted by Crippen LogP contribution is 2.32. The maximum Gasteiger partial charge on any atom is 0.251 e. The molecule has 1 atom stereocenters. The Kier molecular flexibility index (Phi) is 4.63. The van der Waals surface area contributed by atoms with Gasteiger partial charge in [0.15, 0.2) is 0 Å². The molecule has 1 amide bonds. The molecule has 0 aliphatic heterocycles. The summed E-state index contributed by atoms with van der Waals surface area (Å²) in [4.78, 5) is 21.1. The van der Waals surface area contributed by atoms with Crippen molar-refractivity contribution in [1.82, 2.24) is 15.3 Å². The topological polar surface area (TPSA) is 75.1 Å². The minimum absolute atomic E-state index is 0.00195. The zero-order valence-corrected chi connectivity index (χ0v) is 14.4. The van der Waals surface area contributed by atoms with E-state index in [1.54, 1.807) is 18.6 Å². The Labute approximate surface area is 152 Å². The SMILES string of the molecule is O=C(N[C@@H](Cc1ccncc1)C1CC(O)C1)c1ccc2ncccc2c1. The normalized spacial score (nSPS) is 20.3. The second-order valence-electron chi connectivity index (χ2n) is 6.94. The molecule has 5 heteroatoms. The van der Waals surface area contributed by atoms with Crippen LogP contribution in [0.2, 0.25) is 0 Å². The van der Waals surface area contributed by atoms with Gasteiger partial charge < -0.3 is 10.4 Å². The van der Waals surface area contributed by atoms with Gasteiger partial charge in [-0.2, -0.15) is 0 Å². The molecule has 5 nitrogen and oxygen atoms in total. The molecule has 132 valence electrons. The third-order valence-electron chi connectivity index (χ3n) is 5.11. The van der Waals surface area contributed by atoms with E-state index in [1.165, 1.54) is 0 Å². The second-order valence-corrected chi connectivity index (χ2v) is 6.94. The van der Waals surface area contributed by atoms with Crippen molar-refractivity contribution in [3.8, 4) is 0 Å². The van der Waals surface area contributed by atoms with Gasteiger partial charge in [0.2, 0.25) is 0 Å². The molecule has 1 saturated carbocycles. The lowest BCUT2D eigenvalue weighted by Gasteiger charge is -2.38. The van der Waals surface area contributed by atoms with Crippen LogP contribution in [0, 0.1) is 5.92 Å². The number of pyridine rings is 2. The Balaban J connectivity index is 1.52. The van der Waals surface area contributed by atoms with Crippen LogP contribution in [0.4, 0.5) is 0 Å². The number of fused-ring (bicyclic) bond motifs is 1. The molecule has 2 N–H and O–H groups in total. The van der Waals surface area contributed by atoms with Crippen LogP contribution in [0.1, 0.15) is 28.8 Å². The van der Waals surface area contributed by atoms with Gasteiger partial charge in [0.1, 0.15) is 0 Å². The monoisotopic (exact) mass is 347 g/mol. The number of hydrogen-bond donors (Lipinski definition) is 2. The molecule has 0 spiro atoms. The van der Waals surface area contributed by atoms with Gasteiger partial charge in [0.25, 0.3) is 5.91 Å². The van der Waals surface area contributed by atoms with Crippen molar-refractivity contribution in [2.45, 2.75) is 31.4 Å². The van der Waals surface area contributed by atoms with Gasteiger partial charge in [0, 0.05) is 35.6 Å². The van der Waals surface area contributed by atoms with Gasteiger partial charge in [-0.1, -0.05) is 6.07 Å². The number of benzene rings is 1. The van der Waals surface area contributed by atoms with Crippen LogP contribution in [-0.4, -0.2) is 33.1 Å². The molecule has 1 aliphatic rings. The largest absolute Gasteiger partial charge is 0.393 e. The summed E-state index contributed by atoms with van der Waals surface area (Å²) in [5.41, 5.74) is 2.64. The summed E-state index contributed by atoms with van der Waals surface area (Å²) in [6.45, 7) is 0. The summed E-state index contributed by atoms with van der Waals surface area (Å²) in [6, 6.07) is 13.3. The van der Waals surface area contributed by atoms with Gasteiger partial charge in [-0.25, -0.2) is 0 Å². The Morgan fingerprint density at radius 2 is 1.96 bits per heavy atom. The minimum atomic E-state index is -0.247. The first-order chi connectivity index (χ1) is 12.7. The summed E-state index contributed by atoms with van der Waals surface area (Å²) < 4.78 is 0. The van der Waals surface area contributed by atoms with Crippen LogP contribution in [0.25, 0.3) is 10.9 Å². The molecule has 0 unspecified atom stereocenters. The van der Waals surface area contributed by atoms with Gasteiger partial charge in [-0.15, -0.1) is 0 Å². The Bertz CT molecular complexity index is 907. The third kappa shape index (κ3) is 3.58. The Hall–Kier alpha value is -2.79. The lowest BCUT2D eigenvalue weighted by molar-refractivity contribution is 0.0239. The van der Waals surface area contributed by atoms with Crippen molar-refractivity contribution in [1.29, 1.82) is 0 Å². The number of hydrogen-bond acceptors (Lipinski definition) is 4. The van der Waals surface area contributed by atoms with E-state index in [1.807, 2.05) is 42.5 Å². The predicted molar refractivity (Wildman–Crippen MR) is 99.7 cm³/mol. The van der Waals surface area contributed by atoms with Gasteiger partial charge in [-0.05, 0) is 67.1 Å². The van der Waals surface area contributed by atoms with Crippen molar-refractivity contribution in [3.05, 3.63) is 72.2 Å². The van der Waals surface area contributed by atoms with E-state index in [9.17, 15) is 9.90 Å². The maximum absolute atomic E-state index is 12.8. The standard InChI is InChI=1S/C21H21N3O2/c25-18-12-17(13-18)20(10-14-5-8-22-9-6-14)24-21(26)16-3-4-19-15(11-16)2-1-7-23-19/h1-9,11,17-18,20,25H,10,12-13H2,(H,24,26)/t17?,18?,20-/m0/s1. The van der Waals surface area contributed by atoms with Crippen molar-refractivity contribution < 1.29 is 9.90 Å². The summed E-state index contributed by atoms with van der Waals surface area (Å²) >= 11 is 0. The fourth-order valence-electron chi connectivity index (χ4n) is 3.54. The number of aliphatic hydroxyl groups is 1. The lowest BCUT2D eigenvalue weighted by Crippen LogP contribution is -2.48. The molecule has 0 bridgehead atoms. The van der Waals surface area contributed by atoms with Crippen molar-refractivity contribution in [2.24, 2.45) is 5.92 Å². The molecule has 2 aromatic heterocycles. The fraction of sp³-hybridized carbons (Fsp3) is 0.286. The van der Waals surface area contributed by atoms with E-state index in [0.29, 0.717) is 11.5 Å². The van der Waals surface area contributed by atoms with Crippen LogP contribution in [0.5, 0.6) is 0 Å². The number of carbonyl (C=O) groups is 1. The second kappa shape index (κ2) is 7.22. The smallest absolute Gasteiger partial charge is 0.251 e. The van der Waals surface area contributed by atoms with Crippen LogP contribution < -0.4 is 5.32 Å². The molecule has 0 saturated heterocycles. The minimum Gasteiger partial charge on any atom is -0.393 e. The summed E-state index contributed by atoms with van der Waals surface area (Å²) in [5, 5.41) is 13.8. The van der Waals surface area contributed by atoms with Crippen molar-refractivity contribution >= 4 is 16.8 Å². The number of amides is 1. The highest BCUT2D eigenvalue weighted by atomic mass is 16.3. The number of rotatable bonds is 5. The van der Waals surface area contributed by atoms with E-state index in [0.717, 1.165) is 35.7 Å². The number of nitrogens with one attached hydrogen (secondary N) is 1. The summed E-state index contributed by atoms with van der Waals surface area (Å²) in [5.74, 6) is 0.209. The molecule has 2 heterocycles. The number of aromatic nitrogens is 2. The highest BCUT2D eigenvalue weighted by molar-refractivity contribution is 5.98. The van der Waals surface area contributed by atoms with Gasteiger partial charge >= 0.3 is 0 Å². The lowest BCUT2D eigenvalue weighted by atomic mass is 9.75. The van der Waals surface area contributed by atoms with Gasteiger partial charge in [-0.3, -0.25) is 14.8 Å². The first-order valence-electron chi connectivity index (χ1n) is 8.91. The number of aliphatic hydroxyl groups excluding tert-OH is 1. The van der Waals surface area contributed by atoms with Crippen LogP contribution in [-0.2, 0) is 6.42 Å². The average molecular weight is 347 g/mol. The van der Waals surface area contributed by atoms with E-state index in [4.69, 9.17) is 0 Å². The fourth-order valence-corrected chi connectivity index (χ4v) is 3.54. The average Bonchev–Trinajstić information content (AvgIpc) is 2.65. The first kappa shape index (κ1) is 16.7. The Morgan fingerprint density at radius 1 is 1.15 bits per heavy atom. The quantitative estimate of drug-likeness (QED) is 0.744. The molecular weight excluding hydrogens is 326 g/mol. The van der Waals surface area contributed by atoms with E-state index >= 15 is 0 Å². The highest BCUT2D eigenvalue weighted by Gasteiger charge is 2.34. The summed E-state index contributed by atoms with van der Waals surface area (Å²) in [6.07, 6.45) is 7.23. The molecule has 1 fully saturated rings. The van der Waals surface area contributed by atoms with Crippen molar-refractivity contribution in [3.63, 3.8) is 0 Å². The van der Waals surface area contributed by atoms with Crippen molar-refractivity contribution in [2.75, 3.05) is 0 Å². The molecule has 26 heavy (non-hydrogen) atoms. The maximum atomic E-state index is 12.8. The summed E-state index contributed by atoms with van der Waals surface area (Å²) in [7, 11) is 0.